The van der Waals surface area contributed by atoms with Crippen LogP contribution in [0.15, 0.2) is 71.1 Å². The monoisotopic (exact) mass is 437 g/mol. The zero-order valence-electron chi connectivity index (χ0n) is 17.7. The van der Waals surface area contributed by atoms with Gasteiger partial charge in [-0.05, 0) is 48.6 Å². The maximum Gasteiger partial charge on any atom is 0.336 e. The van der Waals surface area contributed by atoms with Gasteiger partial charge in [-0.15, -0.1) is 0 Å². The number of esters is 1. The Balaban J connectivity index is 1.79. The number of halogens is 1. The van der Waals surface area contributed by atoms with E-state index >= 15 is 0 Å². The van der Waals surface area contributed by atoms with Crippen molar-refractivity contribution >= 4 is 23.4 Å². The molecule has 1 aliphatic heterocycles. The Morgan fingerprint density at radius 1 is 1.06 bits per heavy atom. The molecule has 0 fully saturated rings. The van der Waals surface area contributed by atoms with Crippen molar-refractivity contribution in [3.63, 3.8) is 0 Å². The van der Waals surface area contributed by atoms with Gasteiger partial charge in [-0.25, -0.2) is 4.79 Å². The Hall–Kier alpha value is -3.05. The number of nitrogens with one attached hydrogen (secondary N) is 1. The van der Waals surface area contributed by atoms with E-state index in [1.54, 1.807) is 13.2 Å². The fourth-order valence-corrected chi connectivity index (χ4v) is 4.80. The Morgan fingerprint density at radius 2 is 1.77 bits per heavy atom. The molecule has 0 amide bonds. The van der Waals surface area contributed by atoms with Crippen molar-refractivity contribution in [1.82, 2.24) is 5.32 Å². The zero-order valence-corrected chi connectivity index (χ0v) is 18.5. The van der Waals surface area contributed by atoms with E-state index in [9.17, 15) is 9.59 Å². The van der Waals surface area contributed by atoms with E-state index in [2.05, 4.69) is 5.32 Å². The van der Waals surface area contributed by atoms with E-state index in [4.69, 9.17) is 21.1 Å². The van der Waals surface area contributed by atoms with Crippen molar-refractivity contribution < 1.29 is 19.1 Å². The van der Waals surface area contributed by atoms with Gasteiger partial charge in [-0.2, -0.15) is 0 Å². The van der Waals surface area contributed by atoms with Gasteiger partial charge in [-0.3, -0.25) is 4.79 Å². The smallest absolute Gasteiger partial charge is 0.336 e. The van der Waals surface area contributed by atoms with Crippen LogP contribution in [0.5, 0.6) is 5.75 Å². The van der Waals surface area contributed by atoms with Gasteiger partial charge in [0.1, 0.15) is 5.75 Å². The highest BCUT2D eigenvalue weighted by atomic mass is 35.5. The van der Waals surface area contributed by atoms with Crippen LogP contribution in [-0.4, -0.2) is 26.0 Å². The number of carbonyl (C=O) groups excluding carboxylic acids is 2. The van der Waals surface area contributed by atoms with E-state index in [1.165, 1.54) is 7.11 Å². The number of carbonyl (C=O) groups is 2. The average Bonchev–Trinajstić information content (AvgIpc) is 2.78. The first kappa shape index (κ1) is 21.2. The van der Waals surface area contributed by atoms with Crippen LogP contribution < -0.4 is 10.1 Å². The third-order valence-electron chi connectivity index (χ3n) is 6.04. The number of ether oxygens (including phenoxy) is 2. The second-order valence-electron chi connectivity index (χ2n) is 7.80. The maximum atomic E-state index is 13.5. The average molecular weight is 438 g/mol. The summed E-state index contributed by atoms with van der Waals surface area (Å²) in [6, 6.07) is 15.1. The van der Waals surface area contributed by atoms with Crippen LogP contribution in [0.2, 0.25) is 5.02 Å². The molecule has 2 aromatic rings. The molecule has 2 atom stereocenters. The molecule has 0 spiro atoms. The van der Waals surface area contributed by atoms with E-state index in [-0.39, 0.29) is 11.7 Å². The predicted molar refractivity (Wildman–Crippen MR) is 119 cm³/mol. The van der Waals surface area contributed by atoms with E-state index in [1.807, 2.05) is 49.4 Å². The molecule has 4 rings (SSSR count). The second kappa shape index (κ2) is 8.60. The molecule has 0 bridgehead atoms. The molecule has 1 heterocycles. The SMILES string of the molecule is COC(=O)C1=C(C)NC2=C(C(=O)C[C@H](c3ccc(OC)cc3)C2)[C@H]1c1ccccc1Cl. The van der Waals surface area contributed by atoms with E-state index in [0.717, 1.165) is 22.6 Å². The maximum absolute atomic E-state index is 13.5. The highest BCUT2D eigenvalue weighted by molar-refractivity contribution is 6.31. The quantitative estimate of drug-likeness (QED) is 0.690. The van der Waals surface area contributed by atoms with Crippen molar-refractivity contribution in [2.45, 2.75) is 31.6 Å². The standard InChI is InChI=1S/C25H24ClNO4/c1-14-22(25(29)31-3)23(18-6-4-5-7-19(18)26)24-20(27-14)12-16(13-21(24)28)15-8-10-17(30-2)11-9-15/h4-11,16,23,27H,12-13H2,1-3H3/t16-,23+/m1/s1. The van der Waals surface area contributed by atoms with Crippen LogP contribution in [0.4, 0.5) is 0 Å². The summed E-state index contributed by atoms with van der Waals surface area (Å²) in [5, 5.41) is 3.84. The van der Waals surface area contributed by atoms with Crippen molar-refractivity contribution in [2.75, 3.05) is 14.2 Å². The number of Topliss-reactive ketones (excluding diaryl/α,β-unsaturated/α-hetero) is 1. The molecule has 0 saturated heterocycles. The molecule has 160 valence electrons. The Morgan fingerprint density at radius 3 is 2.42 bits per heavy atom. The summed E-state index contributed by atoms with van der Waals surface area (Å²) in [5.41, 5.74) is 4.35. The molecular formula is C25H24ClNO4. The fourth-order valence-electron chi connectivity index (χ4n) is 4.55. The zero-order chi connectivity index (χ0) is 22.1. The molecular weight excluding hydrogens is 414 g/mol. The number of dihydropyridines is 1. The van der Waals surface area contributed by atoms with Crippen LogP contribution in [0.3, 0.4) is 0 Å². The molecule has 1 N–H and O–H groups in total. The van der Waals surface area contributed by atoms with Crippen molar-refractivity contribution in [3.8, 4) is 5.75 Å². The highest BCUT2D eigenvalue weighted by Crippen LogP contribution is 2.47. The molecule has 0 radical (unpaired) electrons. The van der Waals surface area contributed by atoms with Crippen molar-refractivity contribution in [2.24, 2.45) is 0 Å². The summed E-state index contributed by atoms with van der Waals surface area (Å²) in [6.45, 7) is 1.83. The van der Waals surface area contributed by atoms with Crippen LogP contribution in [0.1, 0.15) is 42.7 Å². The predicted octanol–water partition coefficient (Wildman–Crippen LogP) is 4.88. The minimum absolute atomic E-state index is 0.00777. The van der Waals surface area contributed by atoms with Crippen LogP contribution in [-0.2, 0) is 14.3 Å². The lowest BCUT2D eigenvalue weighted by Gasteiger charge is -2.36. The second-order valence-corrected chi connectivity index (χ2v) is 8.21. The van der Waals surface area contributed by atoms with Crippen LogP contribution >= 0.6 is 11.6 Å². The number of hydrogen-bond acceptors (Lipinski definition) is 5. The summed E-state index contributed by atoms with van der Waals surface area (Å²) in [6.07, 6.45) is 1.03. The van der Waals surface area contributed by atoms with Crippen molar-refractivity contribution in [1.29, 1.82) is 0 Å². The third kappa shape index (κ3) is 3.86. The van der Waals surface area contributed by atoms with Gasteiger partial charge in [0, 0.05) is 34.3 Å². The van der Waals surface area contributed by atoms with Gasteiger partial charge in [0.25, 0.3) is 0 Å². The third-order valence-corrected chi connectivity index (χ3v) is 6.38. The Kier molecular flexibility index (Phi) is 5.88. The molecule has 31 heavy (non-hydrogen) atoms. The number of hydrogen-bond donors (Lipinski definition) is 1. The lowest BCUT2D eigenvalue weighted by atomic mass is 9.71. The number of methoxy groups -OCH3 is 2. The van der Waals surface area contributed by atoms with Crippen molar-refractivity contribution in [3.05, 3.63) is 87.2 Å². The lowest BCUT2D eigenvalue weighted by Crippen LogP contribution is -2.36. The molecule has 5 nitrogen and oxygen atoms in total. The summed E-state index contributed by atoms with van der Waals surface area (Å²) in [4.78, 5) is 26.1. The number of rotatable bonds is 4. The summed E-state index contributed by atoms with van der Waals surface area (Å²) in [7, 11) is 2.98. The number of ketones is 1. The molecule has 0 unspecified atom stereocenters. The fraction of sp³-hybridized carbons (Fsp3) is 0.280. The Bertz CT molecular complexity index is 1100. The first-order valence-electron chi connectivity index (χ1n) is 10.1. The molecule has 1 aliphatic carbocycles. The number of allylic oxidation sites excluding steroid dienone is 3. The molecule has 2 aliphatic rings. The highest BCUT2D eigenvalue weighted by Gasteiger charge is 2.41. The summed E-state index contributed by atoms with van der Waals surface area (Å²) in [5.74, 6) is -0.187. The van der Waals surface area contributed by atoms with Crippen LogP contribution in [0.25, 0.3) is 0 Å². The van der Waals surface area contributed by atoms with Gasteiger partial charge in [0.05, 0.1) is 19.8 Å². The summed E-state index contributed by atoms with van der Waals surface area (Å²) >= 11 is 6.51. The topological polar surface area (TPSA) is 64.6 Å². The Labute approximate surface area is 186 Å². The molecule has 2 aromatic carbocycles. The van der Waals surface area contributed by atoms with Crippen LogP contribution in [0, 0.1) is 0 Å². The molecule has 0 aromatic heterocycles. The lowest BCUT2D eigenvalue weighted by molar-refractivity contribution is -0.136. The number of benzene rings is 2. The molecule has 0 saturated carbocycles. The molecule has 6 heteroatoms. The summed E-state index contributed by atoms with van der Waals surface area (Å²) < 4.78 is 10.3. The first-order chi connectivity index (χ1) is 14.9. The van der Waals surface area contributed by atoms with E-state index < -0.39 is 11.9 Å². The minimum Gasteiger partial charge on any atom is -0.497 e. The minimum atomic E-state index is -0.554. The van der Waals surface area contributed by atoms with E-state index in [0.29, 0.717) is 34.7 Å². The largest absolute Gasteiger partial charge is 0.497 e. The van der Waals surface area contributed by atoms with Gasteiger partial charge in [0.15, 0.2) is 5.78 Å². The first-order valence-corrected chi connectivity index (χ1v) is 10.5. The van der Waals surface area contributed by atoms with Gasteiger partial charge < -0.3 is 14.8 Å². The van der Waals surface area contributed by atoms with Gasteiger partial charge >= 0.3 is 5.97 Å². The normalized spacial score (nSPS) is 20.8. The van der Waals surface area contributed by atoms with Gasteiger partial charge in [-0.1, -0.05) is 41.9 Å². The van der Waals surface area contributed by atoms with Gasteiger partial charge in [0.2, 0.25) is 0 Å².